The standard InChI is InChI=1S/C22H25NO7/c1-27-5-6-30-11-13-7-14-15(8-21(13)28-2)19-9-20(24)16(22(25)26)10-23(19)18-3-4-29-12-17(14)18/h7-10,17-18H,3-6,11-12H2,1-2H3,(H,25,26)/t17-,18+/m0/s1. The minimum Gasteiger partial charge on any atom is -0.496 e. The molecule has 1 aromatic heterocycles. The Morgan fingerprint density at radius 3 is 2.83 bits per heavy atom. The molecule has 0 aliphatic carbocycles. The van der Waals surface area contributed by atoms with Crippen molar-refractivity contribution in [1.29, 1.82) is 0 Å². The van der Waals surface area contributed by atoms with Gasteiger partial charge in [0.05, 0.1) is 39.2 Å². The number of carboxylic acid groups (broad SMARTS) is 1. The van der Waals surface area contributed by atoms with Gasteiger partial charge in [-0.1, -0.05) is 0 Å². The molecule has 2 atom stereocenters. The second-order valence-electron chi connectivity index (χ2n) is 7.48. The molecule has 0 amide bonds. The molecule has 30 heavy (non-hydrogen) atoms. The minimum atomic E-state index is -1.22. The molecule has 8 heteroatoms. The number of fused-ring (bicyclic) bond motifs is 6. The number of aromatic nitrogens is 1. The molecular formula is C22H25NO7. The molecule has 1 saturated heterocycles. The highest BCUT2D eigenvalue weighted by Crippen LogP contribution is 2.47. The molecule has 0 radical (unpaired) electrons. The summed E-state index contributed by atoms with van der Waals surface area (Å²) in [5.74, 6) is -0.512. The first kappa shape index (κ1) is 20.6. The molecule has 0 bridgehead atoms. The van der Waals surface area contributed by atoms with E-state index in [2.05, 4.69) is 6.07 Å². The summed E-state index contributed by atoms with van der Waals surface area (Å²) in [6.07, 6.45) is 2.21. The predicted octanol–water partition coefficient (Wildman–Crippen LogP) is 2.44. The van der Waals surface area contributed by atoms with Gasteiger partial charge in [-0.05, 0) is 24.1 Å². The van der Waals surface area contributed by atoms with Crippen LogP contribution in [0.4, 0.5) is 0 Å². The fraction of sp³-hybridized carbons (Fsp3) is 0.455. The van der Waals surface area contributed by atoms with Gasteiger partial charge in [0.25, 0.3) is 0 Å². The smallest absolute Gasteiger partial charge is 0.341 e. The van der Waals surface area contributed by atoms with Crippen LogP contribution in [0.2, 0.25) is 0 Å². The maximum Gasteiger partial charge on any atom is 0.341 e. The largest absolute Gasteiger partial charge is 0.496 e. The highest BCUT2D eigenvalue weighted by atomic mass is 16.5. The van der Waals surface area contributed by atoms with Crippen molar-refractivity contribution in [2.24, 2.45) is 0 Å². The first-order chi connectivity index (χ1) is 14.5. The summed E-state index contributed by atoms with van der Waals surface area (Å²) in [4.78, 5) is 24.0. The fourth-order valence-corrected chi connectivity index (χ4v) is 4.36. The van der Waals surface area contributed by atoms with Crippen molar-refractivity contribution in [3.05, 3.63) is 51.3 Å². The summed E-state index contributed by atoms with van der Waals surface area (Å²) >= 11 is 0. The number of aromatic carboxylic acids is 1. The Balaban J connectivity index is 1.84. The Morgan fingerprint density at radius 1 is 1.27 bits per heavy atom. The molecule has 8 nitrogen and oxygen atoms in total. The lowest BCUT2D eigenvalue weighted by Gasteiger charge is -2.40. The summed E-state index contributed by atoms with van der Waals surface area (Å²) in [5, 5.41) is 9.42. The lowest BCUT2D eigenvalue weighted by molar-refractivity contribution is 0.0484. The van der Waals surface area contributed by atoms with E-state index < -0.39 is 11.4 Å². The molecule has 1 aromatic carbocycles. The van der Waals surface area contributed by atoms with Crippen molar-refractivity contribution in [3.8, 4) is 17.0 Å². The zero-order valence-corrected chi connectivity index (χ0v) is 17.1. The van der Waals surface area contributed by atoms with Crippen LogP contribution >= 0.6 is 0 Å². The first-order valence-electron chi connectivity index (χ1n) is 9.90. The first-order valence-corrected chi connectivity index (χ1v) is 9.90. The lowest BCUT2D eigenvalue weighted by atomic mass is 9.80. The van der Waals surface area contributed by atoms with E-state index in [1.165, 1.54) is 12.3 Å². The number of carboxylic acids is 1. The zero-order chi connectivity index (χ0) is 21.3. The van der Waals surface area contributed by atoms with Crippen molar-refractivity contribution in [2.45, 2.75) is 25.0 Å². The molecule has 2 aliphatic heterocycles. The van der Waals surface area contributed by atoms with E-state index >= 15 is 0 Å². The summed E-state index contributed by atoms with van der Waals surface area (Å²) in [5.41, 5.74) is 2.81. The summed E-state index contributed by atoms with van der Waals surface area (Å²) in [6.45, 7) is 2.48. The average molecular weight is 415 g/mol. The maximum atomic E-state index is 12.4. The number of hydrogen-bond donors (Lipinski definition) is 1. The van der Waals surface area contributed by atoms with Crippen LogP contribution in [-0.2, 0) is 20.8 Å². The van der Waals surface area contributed by atoms with Crippen molar-refractivity contribution >= 4 is 5.97 Å². The van der Waals surface area contributed by atoms with Gasteiger partial charge in [-0.15, -0.1) is 0 Å². The van der Waals surface area contributed by atoms with Gasteiger partial charge < -0.3 is 28.6 Å². The van der Waals surface area contributed by atoms with E-state index in [-0.39, 0.29) is 17.5 Å². The SMILES string of the molecule is COCCOCc1cc2c(cc1OC)-c1cc(=O)c(C(=O)O)cn1[C@@H]1CCOC[C@@H]21. The number of rotatable bonds is 7. The Morgan fingerprint density at radius 2 is 2.10 bits per heavy atom. The average Bonchev–Trinajstić information content (AvgIpc) is 2.75. The van der Waals surface area contributed by atoms with Gasteiger partial charge >= 0.3 is 5.97 Å². The molecule has 2 aromatic rings. The number of ether oxygens (including phenoxy) is 4. The molecule has 160 valence electrons. The second kappa shape index (κ2) is 8.59. The number of benzene rings is 1. The Labute approximate surface area is 173 Å². The molecule has 4 rings (SSSR count). The molecule has 0 saturated carbocycles. The van der Waals surface area contributed by atoms with E-state index in [0.29, 0.717) is 44.5 Å². The van der Waals surface area contributed by atoms with Crippen LogP contribution in [0.5, 0.6) is 5.75 Å². The van der Waals surface area contributed by atoms with Crippen molar-refractivity contribution in [2.75, 3.05) is 40.6 Å². The zero-order valence-electron chi connectivity index (χ0n) is 17.1. The van der Waals surface area contributed by atoms with Gasteiger partial charge in [0.2, 0.25) is 0 Å². The number of pyridine rings is 1. The van der Waals surface area contributed by atoms with Crippen LogP contribution in [0.1, 0.15) is 39.9 Å². The number of nitrogens with zero attached hydrogens (tertiary/aromatic N) is 1. The normalized spacial score (nSPS) is 19.5. The van der Waals surface area contributed by atoms with E-state index in [1.807, 2.05) is 10.6 Å². The maximum absolute atomic E-state index is 12.4. The fourth-order valence-electron chi connectivity index (χ4n) is 4.36. The third-order valence-corrected chi connectivity index (χ3v) is 5.80. The van der Waals surface area contributed by atoms with Crippen molar-refractivity contribution < 1.29 is 28.8 Å². The molecule has 0 spiro atoms. The van der Waals surface area contributed by atoms with E-state index in [9.17, 15) is 14.7 Å². The van der Waals surface area contributed by atoms with Gasteiger partial charge in [-0.2, -0.15) is 0 Å². The van der Waals surface area contributed by atoms with E-state index in [4.69, 9.17) is 18.9 Å². The van der Waals surface area contributed by atoms with Crippen LogP contribution in [0.25, 0.3) is 11.3 Å². The third-order valence-electron chi connectivity index (χ3n) is 5.80. The number of carbonyl (C=O) groups is 1. The summed E-state index contributed by atoms with van der Waals surface area (Å²) in [6, 6.07) is 5.41. The number of hydrogen-bond acceptors (Lipinski definition) is 6. The Bertz CT molecular complexity index is 1010. The van der Waals surface area contributed by atoms with Crippen LogP contribution in [0, 0.1) is 0 Å². The molecular weight excluding hydrogens is 390 g/mol. The second-order valence-corrected chi connectivity index (χ2v) is 7.48. The highest BCUT2D eigenvalue weighted by molar-refractivity contribution is 5.88. The van der Waals surface area contributed by atoms with Crippen LogP contribution in [-0.4, -0.2) is 56.3 Å². The van der Waals surface area contributed by atoms with Crippen molar-refractivity contribution in [3.63, 3.8) is 0 Å². The topological polar surface area (TPSA) is 96.2 Å². The third kappa shape index (κ3) is 3.62. The number of methoxy groups -OCH3 is 2. The summed E-state index contributed by atoms with van der Waals surface area (Å²) in [7, 11) is 3.22. The van der Waals surface area contributed by atoms with Gasteiger partial charge in [0.15, 0.2) is 5.43 Å². The van der Waals surface area contributed by atoms with E-state index in [0.717, 1.165) is 23.1 Å². The highest BCUT2D eigenvalue weighted by Gasteiger charge is 2.37. The van der Waals surface area contributed by atoms with Gasteiger partial charge in [-0.3, -0.25) is 4.79 Å². The molecule has 1 fully saturated rings. The lowest BCUT2D eigenvalue weighted by Crippen LogP contribution is -2.34. The monoisotopic (exact) mass is 415 g/mol. The van der Waals surface area contributed by atoms with Crippen LogP contribution in [0.3, 0.4) is 0 Å². The van der Waals surface area contributed by atoms with Crippen molar-refractivity contribution in [1.82, 2.24) is 4.57 Å². The molecule has 3 heterocycles. The molecule has 2 aliphatic rings. The quantitative estimate of drug-likeness (QED) is 0.694. The molecule has 1 N–H and O–H groups in total. The van der Waals surface area contributed by atoms with Gasteiger partial charge in [0, 0.05) is 49.1 Å². The molecule has 0 unspecified atom stereocenters. The van der Waals surface area contributed by atoms with Gasteiger partial charge in [-0.25, -0.2) is 4.79 Å². The Kier molecular flexibility index (Phi) is 5.90. The summed E-state index contributed by atoms with van der Waals surface area (Å²) < 4.78 is 24.0. The van der Waals surface area contributed by atoms with Crippen LogP contribution < -0.4 is 10.2 Å². The van der Waals surface area contributed by atoms with Crippen LogP contribution in [0.15, 0.2) is 29.2 Å². The minimum absolute atomic E-state index is 0.0237. The van der Waals surface area contributed by atoms with Gasteiger partial charge in [0.1, 0.15) is 11.3 Å². The predicted molar refractivity (Wildman–Crippen MR) is 108 cm³/mol. The van der Waals surface area contributed by atoms with E-state index in [1.54, 1.807) is 14.2 Å². The Hall–Kier alpha value is -2.68.